The van der Waals surface area contributed by atoms with Gasteiger partial charge in [-0.3, -0.25) is 0 Å². The number of nitrogens with zero attached hydrogens (tertiary/aromatic N) is 2. The Hall–Kier alpha value is -1.99. The second-order valence-corrected chi connectivity index (χ2v) is 17.4. The van der Waals surface area contributed by atoms with Gasteiger partial charge in [0.25, 0.3) is 0 Å². The topological polar surface area (TPSA) is 25.3 Å². The zero-order chi connectivity index (χ0) is 39.1. The van der Waals surface area contributed by atoms with E-state index in [1.165, 1.54) is 192 Å². The molecule has 1 aliphatic heterocycles. The molecule has 0 amide bonds. The molecule has 0 N–H and O–H groups in total. The van der Waals surface area contributed by atoms with Crippen molar-refractivity contribution in [2.45, 2.75) is 226 Å². The summed E-state index contributed by atoms with van der Waals surface area (Å²) in [6, 6.07) is 17.6. The van der Waals surface area contributed by atoms with Crippen LogP contribution in [0.2, 0.25) is 10.8 Å². The van der Waals surface area contributed by atoms with E-state index in [2.05, 4.69) is 90.1 Å². The normalized spacial score (nSPS) is 13.0. The van der Waals surface area contributed by atoms with Crippen LogP contribution in [0, 0.1) is 0 Å². The van der Waals surface area contributed by atoms with Gasteiger partial charge in [-0.1, -0.05) is 83.6 Å². The average Bonchev–Trinajstić information content (AvgIpc) is 3.45. The third-order valence-electron chi connectivity index (χ3n) is 11.1. The molecule has 0 saturated heterocycles. The maximum absolute atomic E-state index is 11.4. The molecular formula is C51H84N2Ni. The summed E-state index contributed by atoms with van der Waals surface area (Å²) in [6.07, 6.45) is 36.6. The fourth-order valence-electron chi connectivity index (χ4n) is 7.71. The molecule has 3 rings (SSSR count). The molecular weight excluding hydrogens is 699 g/mol. The van der Waals surface area contributed by atoms with Crippen LogP contribution < -0.4 is 0 Å². The van der Waals surface area contributed by atoms with Crippen LogP contribution >= 0.6 is 0 Å². The van der Waals surface area contributed by atoms with Crippen LogP contribution in [0.5, 0.6) is 0 Å². The van der Waals surface area contributed by atoms with Gasteiger partial charge in [0.15, 0.2) is 0 Å². The summed E-state index contributed by atoms with van der Waals surface area (Å²) in [5.74, 6) is 0. The smallest absolute Gasteiger partial charge is 0.211 e. The number of unbranched alkanes of at least 4 members (excludes halogenated alkanes) is 20. The van der Waals surface area contributed by atoms with Gasteiger partial charge < -0.3 is 5.53 Å². The molecule has 308 valence electrons. The van der Waals surface area contributed by atoms with E-state index in [9.17, 15) is 5.53 Å². The third kappa shape index (κ3) is 19.7. The molecule has 3 heteroatoms. The fourth-order valence-corrected chi connectivity index (χ4v) is 8.94. The van der Waals surface area contributed by atoms with E-state index in [1.54, 1.807) is 0 Å². The standard InChI is InChI=1S/C31H42N2.2C10H21.Ni/c1-5-8-10-12-16-25-18-14-20-27(22-25)30-24(4)29(7-3)31(33(30)32)28-21-15-19-26(23-28)17-13-11-9-6-2;2*1-3-5-7-9-10-8-6-4-2;/h14-15,18-23H,5-13,16-17H2,1-4H3;2*1,3-10H2,2H3;. The Morgan fingerprint density at radius 1 is 0.463 bits per heavy atom. The Bertz CT molecular complexity index is 1300. The van der Waals surface area contributed by atoms with Crippen LogP contribution in [0.4, 0.5) is 0 Å². The molecule has 0 unspecified atom stereocenters. The molecule has 0 radical (unpaired) electrons. The van der Waals surface area contributed by atoms with Crippen molar-refractivity contribution in [1.29, 1.82) is 0 Å². The summed E-state index contributed by atoms with van der Waals surface area (Å²) in [7, 11) is 0. The van der Waals surface area contributed by atoms with E-state index < -0.39 is 0 Å². The number of hydrogen-bond acceptors (Lipinski definition) is 0. The van der Waals surface area contributed by atoms with Crippen molar-refractivity contribution in [2.75, 3.05) is 0 Å². The zero-order valence-corrected chi connectivity index (χ0v) is 37.3. The summed E-state index contributed by atoms with van der Waals surface area (Å²) in [5, 5.41) is 2.86. The van der Waals surface area contributed by atoms with Crippen LogP contribution in [-0.4, -0.2) is 4.70 Å². The zero-order valence-electron chi connectivity index (χ0n) is 36.3. The minimum Gasteiger partial charge on any atom is -0.493 e. The maximum Gasteiger partial charge on any atom is 0.211 e. The van der Waals surface area contributed by atoms with Gasteiger partial charge in [0.1, 0.15) is 0 Å². The van der Waals surface area contributed by atoms with E-state index >= 15 is 0 Å². The predicted octanol–water partition coefficient (Wildman–Crippen LogP) is 17.7. The van der Waals surface area contributed by atoms with Gasteiger partial charge in [-0.15, -0.1) is 0 Å². The van der Waals surface area contributed by atoms with Gasteiger partial charge in [-0.05, 0) is 74.4 Å². The summed E-state index contributed by atoms with van der Waals surface area (Å²) in [4.78, 5) is 0. The quantitative estimate of drug-likeness (QED) is 0.0413. The van der Waals surface area contributed by atoms with E-state index in [0.29, 0.717) is 0 Å². The van der Waals surface area contributed by atoms with Crippen molar-refractivity contribution in [3.05, 3.63) is 87.5 Å². The third-order valence-corrected chi connectivity index (χ3v) is 12.5. The first-order valence-corrected chi connectivity index (χ1v) is 24.5. The second kappa shape index (κ2) is 32.1. The molecule has 0 spiro atoms. The first kappa shape index (κ1) is 48.2. The molecule has 2 nitrogen and oxygen atoms in total. The first-order valence-electron chi connectivity index (χ1n) is 23.1. The van der Waals surface area contributed by atoms with Crippen LogP contribution in [0.25, 0.3) is 16.9 Å². The Labute approximate surface area is 342 Å². The second-order valence-electron chi connectivity index (χ2n) is 15.9. The van der Waals surface area contributed by atoms with E-state index in [4.69, 9.17) is 0 Å². The summed E-state index contributed by atoms with van der Waals surface area (Å²) in [5.41, 5.74) is 20.7. The molecule has 0 saturated carbocycles. The van der Waals surface area contributed by atoms with Crippen LogP contribution in [0.15, 0.2) is 59.7 Å². The first-order chi connectivity index (χ1) is 26.5. The van der Waals surface area contributed by atoms with Gasteiger partial charge in [0.2, 0.25) is 11.4 Å². The summed E-state index contributed by atoms with van der Waals surface area (Å²) in [6.45, 7) is 13.4. The van der Waals surface area contributed by atoms with Gasteiger partial charge >= 0.3 is 142 Å². The largest absolute Gasteiger partial charge is 0.493 e. The number of allylic oxidation sites excluding steroid dienone is 2. The average molecular weight is 784 g/mol. The van der Waals surface area contributed by atoms with Gasteiger partial charge in [0.05, 0.1) is 0 Å². The van der Waals surface area contributed by atoms with Crippen LogP contribution in [0.1, 0.15) is 224 Å². The number of hydrogen-bond donors (Lipinski definition) is 0. The Morgan fingerprint density at radius 3 is 1.24 bits per heavy atom. The fraction of sp³-hybridized carbons (Fsp3) is 0.686. The number of aryl methyl sites for hydroxylation is 2. The SMILES string of the molecule is CCCCCCCCC[CH2][Ni][CH2]CCCCCCCCC.CCCCCCc1cccc(C2=C(C)C(CC)=C(c3cccc(CCCCCC)c3)[N+]2=[N-])c1. The molecule has 2 aromatic rings. The van der Waals surface area contributed by atoms with Gasteiger partial charge in [-0.25, -0.2) is 4.70 Å². The molecule has 2 aromatic carbocycles. The molecule has 1 aliphatic rings. The maximum atomic E-state index is 11.4. The molecule has 0 bridgehead atoms. The van der Waals surface area contributed by atoms with Crippen LogP contribution in [0.3, 0.4) is 0 Å². The summed E-state index contributed by atoms with van der Waals surface area (Å²) < 4.78 is 1.46. The minimum atomic E-state index is 0.902. The molecule has 0 aromatic heterocycles. The van der Waals surface area contributed by atoms with Gasteiger partial charge in [-0.2, -0.15) is 0 Å². The van der Waals surface area contributed by atoms with Crippen molar-refractivity contribution in [1.82, 2.24) is 0 Å². The van der Waals surface area contributed by atoms with Crippen molar-refractivity contribution >= 4 is 11.4 Å². The Balaban J connectivity index is 0.000000417. The Kier molecular flexibility index (Phi) is 28.7. The number of rotatable bonds is 31. The van der Waals surface area contributed by atoms with E-state index in [0.717, 1.165) is 41.8 Å². The molecule has 0 aliphatic carbocycles. The van der Waals surface area contributed by atoms with Crippen molar-refractivity contribution in [3.63, 3.8) is 0 Å². The monoisotopic (exact) mass is 783 g/mol. The number of benzene rings is 2. The molecule has 0 atom stereocenters. The van der Waals surface area contributed by atoms with E-state index in [-0.39, 0.29) is 0 Å². The van der Waals surface area contributed by atoms with Crippen molar-refractivity contribution in [3.8, 4) is 0 Å². The van der Waals surface area contributed by atoms with Gasteiger partial charge in [0, 0.05) is 22.3 Å². The minimum absolute atomic E-state index is 0.902. The van der Waals surface area contributed by atoms with Crippen molar-refractivity contribution < 1.29 is 19.1 Å². The molecule has 54 heavy (non-hydrogen) atoms. The predicted molar refractivity (Wildman–Crippen MR) is 237 cm³/mol. The summed E-state index contributed by atoms with van der Waals surface area (Å²) >= 11 is 2.02. The van der Waals surface area contributed by atoms with E-state index in [1.807, 2.05) is 14.4 Å². The van der Waals surface area contributed by atoms with Crippen LogP contribution in [-0.2, 0) is 27.3 Å². The van der Waals surface area contributed by atoms with Crippen molar-refractivity contribution in [2.24, 2.45) is 0 Å². The molecule has 1 heterocycles. The Morgan fingerprint density at radius 2 is 0.833 bits per heavy atom. The molecule has 0 fully saturated rings.